The predicted octanol–water partition coefficient (Wildman–Crippen LogP) is 3.48. The largest absolute Gasteiger partial charge is 0.332 e. The first kappa shape index (κ1) is 18.1. The molecule has 0 unspecified atom stereocenters. The van der Waals surface area contributed by atoms with Crippen molar-refractivity contribution < 1.29 is 12.8 Å². The van der Waals surface area contributed by atoms with Gasteiger partial charge in [-0.2, -0.15) is 4.31 Å². The maximum absolute atomic E-state index is 14.0. The molecule has 0 amide bonds. The molecule has 136 valence electrons. The Labute approximate surface area is 148 Å². The summed E-state index contributed by atoms with van der Waals surface area (Å²) in [6.07, 6.45) is 5.14. The Balaban J connectivity index is 1.78. The highest BCUT2D eigenvalue weighted by molar-refractivity contribution is 7.89. The van der Waals surface area contributed by atoms with Crippen LogP contribution in [-0.4, -0.2) is 35.4 Å². The fourth-order valence-electron chi connectivity index (χ4n) is 3.38. The molecule has 7 heteroatoms. The Kier molecular flexibility index (Phi) is 4.97. The molecule has 1 aromatic heterocycles. The highest BCUT2D eigenvalue weighted by Crippen LogP contribution is 2.31. The number of hydrogen-bond donors (Lipinski definition) is 0. The van der Waals surface area contributed by atoms with Crippen LogP contribution in [0.4, 0.5) is 4.39 Å². The van der Waals surface area contributed by atoms with Crippen LogP contribution in [0.3, 0.4) is 0 Å². The molecule has 1 saturated heterocycles. The lowest BCUT2D eigenvalue weighted by molar-refractivity contribution is 0.306. The number of hydrogen-bond acceptors (Lipinski definition) is 3. The zero-order valence-corrected chi connectivity index (χ0v) is 15.6. The van der Waals surface area contributed by atoms with Crippen molar-refractivity contribution in [2.75, 3.05) is 13.1 Å². The second kappa shape index (κ2) is 6.88. The number of imidazole rings is 1. The number of aromatic nitrogens is 2. The van der Waals surface area contributed by atoms with Crippen LogP contribution in [0.1, 0.15) is 50.0 Å². The van der Waals surface area contributed by atoms with E-state index in [0.717, 1.165) is 11.4 Å². The Morgan fingerprint density at radius 1 is 1.24 bits per heavy atom. The van der Waals surface area contributed by atoms with Crippen molar-refractivity contribution in [3.63, 3.8) is 0 Å². The number of rotatable bonds is 4. The summed E-state index contributed by atoms with van der Waals surface area (Å²) in [7, 11) is -3.80. The molecule has 1 aromatic carbocycles. The molecule has 0 spiro atoms. The van der Waals surface area contributed by atoms with E-state index in [-0.39, 0.29) is 10.8 Å². The summed E-state index contributed by atoms with van der Waals surface area (Å²) in [4.78, 5) is 4.24. The van der Waals surface area contributed by atoms with E-state index in [4.69, 9.17) is 0 Å². The summed E-state index contributed by atoms with van der Waals surface area (Å²) in [5.74, 6) is 0.545. The zero-order chi connectivity index (χ0) is 18.2. The second-order valence-electron chi connectivity index (χ2n) is 6.90. The van der Waals surface area contributed by atoms with Gasteiger partial charge < -0.3 is 4.57 Å². The van der Waals surface area contributed by atoms with E-state index >= 15 is 0 Å². The SMILES string of the molecule is Cc1ccc(F)c(S(=O)(=O)N2CCC(c3nccn3C(C)C)CC2)c1. The van der Waals surface area contributed by atoms with Gasteiger partial charge in [-0.1, -0.05) is 6.07 Å². The van der Waals surface area contributed by atoms with Crippen molar-refractivity contribution in [2.24, 2.45) is 0 Å². The summed E-state index contributed by atoms with van der Waals surface area (Å²) in [6.45, 7) is 6.73. The molecule has 0 N–H and O–H groups in total. The van der Waals surface area contributed by atoms with Crippen LogP contribution in [0.25, 0.3) is 0 Å². The number of nitrogens with zero attached hydrogens (tertiary/aromatic N) is 3. The van der Waals surface area contributed by atoms with Crippen molar-refractivity contribution in [1.82, 2.24) is 13.9 Å². The fourth-order valence-corrected chi connectivity index (χ4v) is 5.00. The Morgan fingerprint density at radius 3 is 2.56 bits per heavy atom. The Hall–Kier alpha value is -1.73. The molecule has 0 saturated carbocycles. The molecule has 0 radical (unpaired) electrons. The van der Waals surface area contributed by atoms with E-state index in [1.807, 2.05) is 6.20 Å². The van der Waals surface area contributed by atoms with Gasteiger partial charge in [-0.05, 0) is 51.3 Å². The van der Waals surface area contributed by atoms with Crippen LogP contribution in [0.15, 0.2) is 35.5 Å². The fraction of sp³-hybridized carbons (Fsp3) is 0.500. The normalized spacial score (nSPS) is 17.3. The highest BCUT2D eigenvalue weighted by atomic mass is 32.2. The monoisotopic (exact) mass is 365 g/mol. The summed E-state index contributed by atoms with van der Waals surface area (Å²) >= 11 is 0. The summed E-state index contributed by atoms with van der Waals surface area (Å²) in [5.41, 5.74) is 0.730. The van der Waals surface area contributed by atoms with Crippen LogP contribution in [0.2, 0.25) is 0 Å². The number of piperidine rings is 1. The van der Waals surface area contributed by atoms with E-state index in [1.54, 1.807) is 19.2 Å². The zero-order valence-electron chi connectivity index (χ0n) is 14.8. The third-order valence-electron chi connectivity index (χ3n) is 4.78. The minimum Gasteiger partial charge on any atom is -0.332 e. The van der Waals surface area contributed by atoms with Gasteiger partial charge in [0.1, 0.15) is 16.5 Å². The lowest BCUT2D eigenvalue weighted by atomic mass is 9.97. The van der Waals surface area contributed by atoms with Gasteiger partial charge >= 0.3 is 0 Å². The van der Waals surface area contributed by atoms with E-state index in [0.29, 0.717) is 32.0 Å². The molecule has 1 aliphatic heterocycles. The first-order chi connectivity index (χ1) is 11.8. The average Bonchev–Trinajstić information content (AvgIpc) is 3.07. The van der Waals surface area contributed by atoms with Crippen LogP contribution in [0, 0.1) is 12.7 Å². The van der Waals surface area contributed by atoms with E-state index in [2.05, 4.69) is 23.4 Å². The minimum absolute atomic E-state index is 0.227. The standard InChI is InChI=1S/C18H24FN3O2S/c1-13(2)22-11-8-20-18(22)15-6-9-21(10-7-15)25(23,24)17-12-14(3)4-5-16(17)19/h4-5,8,11-13,15H,6-7,9-10H2,1-3H3. The molecule has 2 aromatic rings. The highest BCUT2D eigenvalue weighted by Gasteiger charge is 2.33. The number of aryl methyl sites for hydroxylation is 1. The Bertz CT molecular complexity index is 853. The number of sulfonamides is 1. The van der Waals surface area contributed by atoms with Crippen molar-refractivity contribution in [3.8, 4) is 0 Å². The maximum atomic E-state index is 14.0. The summed E-state index contributed by atoms with van der Waals surface area (Å²) in [6, 6.07) is 4.52. The first-order valence-electron chi connectivity index (χ1n) is 8.59. The van der Waals surface area contributed by atoms with Crippen molar-refractivity contribution in [3.05, 3.63) is 47.8 Å². The van der Waals surface area contributed by atoms with Crippen LogP contribution >= 0.6 is 0 Å². The number of benzene rings is 1. The summed E-state index contributed by atoms with van der Waals surface area (Å²) in [5, 5.41) is 0. The van der Waals surface area contributed by atoms with Gasteiger partial charge in [-0.3, -0.25) is 0 Å². The molecule has 0 aliphatic carbocycles. The quantitative estimate of drug-likeness (QED) is 0.833. The van der Waals surface area contributed by atoms with Gasteiger partial charge in [0, 0.05) is 37.4 Å². The average molecular weight is 365 g/mol. The molecule has 0 bridgehead atoms. The van der Waals surface area contributed by atoms with Crippen LogP contribution in [-0.2, 0) is 10.0 Å². The minimum atomic E-state index is -3.80. The third kappa shape index (κ3) is 3.48. The molecule has 5 nitrogen and oxygen atoms in total. The molecule has 25 heavy (non-hydrogen) atoms. The third-order valence-corrected chi connectivity index (χ3v) is 6.69. The first-order valence-corrected chi connectivity index (χ1v) is 10.0. The second-order valence-corrected chi connectivity index (χ2v) is 8.81. The molecular weight excluding hydrogens is 341 g/mol. The Morgan fingerprint density at radius 2 is 1.92 bits per heavy atom. The van der Waals surface area contributed by atoms with Gasteiger partial charge in [0.05, 0.1) is 0 Å². The van der Waals surface area contributed by atoms with Crippen molar-refractivity contribution in [2.45, 2.75) is 50.5 Å². The molecule has 3 rings (SSSR count). The van der Waals surface area contributed by atoms with E-state index < -0.39 is 15.8 Å². The smallest absolute Gasteiger partial charge is 0.245 e. The maximum Gasteiger partial charge on any atom is 0.245 e. The lowest BCUT2D eigenvalue weighted by Gasteiger charge is -2.31. The van der Waals surface area contributed by atoms with Gasteiger partial charge in [0.15, 0.2) is 0 Å². The molecule has 0 atom stereocenters. The summed E-state index contributed by atoms with van der Waals surface area (Å²) < 4.78 is 43.2. The van der Waals surface area contributed by atoms with Gasteiger partial charge in [-0.15, -0.1) is 0 Å². The number of halogens is 1. The van der Waals surface area contributed by atoms with Gasteiger partial charge in [0.25, 0.3) is 0 Å². The van der Waals surface area contributed by atoms with Crippen molar-refractivity contribution >= 4 is 10.0 Å². The van der Waals surface area contributed by atoms with Gasteiger partial charge in [-0.25, -0.2) is 17.8 Å². The van der Waals surface area contributed by atoms with Crippen molar-refractivity contribution in [1.29, 1.82) is 0 Å². The molecule has 1 aliphatic rings. The van der Waals surface area contributed by atoms with Gasteiger partial charge in [0.2, 0.25) is 10.0 Å². The predicted molar refractivity (Wildman–Crippen MR) is 94.5 cm³/mol. The molecule has 2 heterocycles. The van der Waals surface area contributed by atoms with E-state index in [1.165, 1.54) is 16.4 Å². The van der Waals surface area contributed by atoms with Crippen LogP contribution in [0.5, 0.6) is 0 Å². The lowest BCUT2D eigenvalue weighted by Crippen LogP contribution is -2.38. The topological polar surface area (TPSA) is 55.2 Å². The van der Waals surface area contributed by atoms with E-state index in [9.17, 15) is 12.8 Å². The molecule has 1 fully saturated rings. The molecular formula is C18H24FN3O2S. The van der Waals surface area contributed by atoms with Crippen LogP contribution < -0.4 is 0 Å².